The number of carbonyl (C=O) groups is 2. The molecule has 0 aromatic heterocycles. The summed E-state index contributed by atoms with van der Waals surface area (Å²) < 4.78 is 12.9. The minimum absolute atomic E-state index is 0.0478. The zero-order valence-corrected chi connectivity index (χ0v) is 8.92. The number of rotatable bonds is 1. The average Bonchev–Trinajstić information content (AvgIpc) is 2.26. The largest absolute Gasteiger partial charge is 0.345 e. The van der Waals surface area contributed by atoms with Crippen LogP contribution in [0.1, 0.15) is 0 Å². The van der Waals surface area contributed by atoms with Gasteiger partial charge in [0.15, 0.2) is 0 Å². The molecule has 0 saturated carbocycles. The van der Waals surface area contributed by atoms with Crippen molar-refractivity contribution in [3.05, 3.63) is 29.0 Å². The SMILES string of the molecule is O=C1CN(c2ccc(F)c(Cl)c2)C(=O)CN1. The third kappa shape index (κ3) is 1.99. The van der Waals surface area contributed by atoms with E-state index in [2.05, 4.69) is 5.32 Å². The molecule has 1 heterocycles. The van der Waals surface area contributed by atoms with Crippen LogP contribution in [0.2, 0.25) is 5.02 Å². The van der Waals surface area contributed by atoms with Crippen molar-refractivity contribution in [1.82, 2.24) is 5.32 Å². The lowest BCUT2D eigenvalue weighted by Crippen LogP contribution is -2.51. The molecule has 1 N–H and O–H groups in total. The van der Waals surface area contributed by atoms with Crippen molar-refractivity contribution in [2.24, 2.45) is 0 Å². The Morgan fingerprint density at radius 2 is 2.12 bits per heavy atom. The van der Waals surface area contributed by atoms with E-state index in [1.807, 2.05) is 0 Å². The van der Waals surface area contributed by atoms with Crippen molar-refractivity contribution in [3.8, 4) is 0 Å². The van der Waals surface area contributed by atoms with Crippen molar-refractivity contribution in [3.63, 3.8) is 0 Å². The fourth-order valence-electron chi connectivity index (χ4n) is 1.45. The third-order valence-corrected chi connectivity index (χ3v) is 2.54. The molecule has 16 heavy (non-hydrogen) atoms. The van der Waals surface area contributed by atoms with Gasteiger partial charge in [-0.25, -0.2) is 4.39 Å². The minimum Gasteiger partial charge on any atom is -0.345 e. The molecule has 6 heteroatoms. The summed E-state index contributed by atoms with van der Waals surface area (Å²) in [5.41, 5.74) is 0.422. The van der Waals surface area contributed by atoms with Crippen LogP contribution < -0.4 is 10.2 Å². The average molecular weight is 243 g/mol. The monoisotopic (exact) mass is 242 g/mol. The Bertz CT molecular complexity index is 464. The molecule has 2 rings (SSSR count). The highest BCUT2D eigenvalue weighted by molar-refractivity contribution is 6.31. The van der Waals surface area contributed by atoms with Crippen LogP contribution >= 0.6 is 11.6 Å². The molecule has 1 aromatic rings. The first-order valence-electron chi connectivity index (χ1n) is 4.60. The zero-order chi connectivity index (χ0) is 11.7. The van der Waals surface area contributed by atoms with Gasteiger partial charge in [-0.1, -0.05) is 11.6 Å². The van der Waals surface area contributed by atoms with E-state index in [1.165, 1.54) is 17.0 Å². The van der Waals surface area contributed by atoms with Crippen LogP contribution in [0.4, 0.5) is 10.1 Å². The molecule has 1 aromatic carbocycles. The normalized spacial score (nSPS) is 16.2. The van der Waals surface area contributed by atoms with E-state index in [0.717, 1.165) is 6.07 Å². The van der Waals surface area contributed by atoms with Crippen LogP contribution in [0.5, 0.6) is 0 Å². The molecular formula is C10H8ClFN2O2. The quantitative estimate of drug-likeness (QED) is 0.797. The number of nitrogens with one attached hydrogen (secondary N) is 1. The molecule has 1 aliphatic heterocycles. The van der Waals surface area contributed by atoms with E-state index in [-0.39, 0.29) is 29.9 Å². The third-order valence-electron chi connectivity index (χ3n) is 2.25. The number of hydrogen-bond acceptors (Lipinski definition) is 2. The molecule has 2 amide bonds. The smallest absolute Gasteiger partial charge is 0.246 e. The fourth-order valence-corrected chi connectivity index (χ4v) is 1.62. The summed E-state index contributed by atoms with van der Waals surface area (Å²) in [6, 6.07) is 3.91. The summed E-state index contributed by atoms with van der Waals surface area (Å²) in [6.45, 7) is -0.116. The van der Waals surface area contributed by atoms with Gasteiger partial charge in [0.1, 0.15) is 12.4 Å². The number of carbonyl (C=O) groups excluding carboxylic acids is 2. The minimum atomic E-state index is -0.556. The molecule has 0 bridgehead atoms. The van der Waals surface area contributed by atoms with Crippen LogP contribution in [-0.2, 0) is 9.59 Å². The Hall–Kier alpha value is -1.62. The molecular weight excluding hydrogens is 235 g/mol. The maximum Gasteiger partial charge on any atom is 0.246 e. The van der Waals surface area contributed by atoms with Crippen molar-refractivity contribution in [2.45, 2.75) is 0 Å². The Kier molecular flexibility index (Phi) is 2.78. The lowest BCUT2D eigenvalue weighted by atomic mass is 10.2. The van der Waals surface area contributed by atoms with Gasteiger partial charge in [0, 0.05) is 5.69 Å². The van der Waals surface area contributed by atoms with E-state index < -0.39 is 5.82 Å². The highest BCUT2D eigenvalue weighted by Crippen LogP contribution is 2.23. The predicted molar refractivity (Wildman–Crippen MR) is 56.8 cm³/mol. The Morgan fingerprint density at radius 1 is 1.38 bits per heavy atom. The fraction of sp³-hybridized carbons (Fsp3) is 0.200. The van der Waals surface area contributed by atoms with Crippen LogP contribution in [-0.4, -0.2) is 24.9 Å². The maximum atomic E-state index is 12.9. The van der Waals surface area contributed by atoms with Gasteiger partial charge in [0.25, 0.3) is 0 Å². The summed E-state index contributed by atoms with van der Waals surface area (Å²) in [6.07, 6.45) is 0. The number of amides is 2. The van der Waals surface area contributed by atoms with Crippen molar-refractivity contribution >= 4 is 29.1 Å². The van der Waals surface area contributed by atoms with Gasteiger partial charge >= 0.3 is 0 Å². The van der Waals surface area contributed by atoms with Gasteiger partial charge in [-0.05, 0) is 18.2 Å². The zero-order valence-electron chi connectivity index (χ0n) is 8.17. The van der Waals surface area contributed by atoms with E-state index in [0.29, 0.717) is 5.69 Å². The maximum absolute atomic E-state index is 12.9. The summed E-state index contributed by atoms with van der Waals surface area (Å²) in [5, 5.41) is 2.35. The highest BCUT2D eigenvalue weighted by Gasteiger charge is 2.24. The van der Waals surface area contributed by atoms with Crippen LogP contribution in [0.3, 0.4) is 0 Å². The Balaban J connectivity index is 2.31. The Morgan fingerprint density at radius 3 is 2.81 bits per heavy atom. The summed E-state index contributed by atoms with van der Waals surface area (Å²) in [5.74, 6) is -1.05. The second-order valence-electron chi connectivity index (χ2n) is 3.36. The number of hydrogen-bond donors (Lipinski definition) is 1. The second kappa shape index (κ2) is 4.09. The molecule has 4 nitrogen and oxygen atoms in total. The molecule has 0 atom stereocenters. The second-order valence-corrected chi connectivity index (χ2v) is 3.76. The summed E-state index contributed by atoms with van der Waals surface area (Å²) >= 11 is 5.60. The first-order valence-corrected chi connectivity index (χ1v) is 4.98. The van der Waals surface area contributed by atoms with Crippen molar-refractivity contribution in [2.75, 3.05) is 18.0 Å². The van der Waals surface area contributed by atoms with Gasteiger partial charge < -0.3 is 10.2 Å². The van der Waals surface area contributed by atoms with Crippen molar-refractivity contribution < 1.29 is 14.0 Å². The number of halogens is 2. The van der Waals surface area contributed by atoms with E-state index in [4.69, 9.17) is 11.6 Å². The summed E-state index contributed by atoms with van der Waals surface area (Å²) in [4.78, 5) is 23.9. The first-order chi connectivity index (χ1) is 7.58. The number of benzene rings is 1. The Labute approximate surface area is 96.0 Å². The van der Waals surface area contributed by atoms with Crippen LogP contribution in [0, 0.1) is 5.82 Å². The lowest BCUT2D eigenvalue weighted by Gasteiger charge is -2.26. The predicted octanol–water partition coefficient (Wildman–Crippen LogP) is 0.942. The number of piperazine rings is 1. The molecule has 0 radical (unpaired) electrons. The number of nitrogens with zero attached hydrogens (tertiary/aromatic N) is 1. The first kappa shape index (κ1) is 10.9. The van der Waals surface area contributed by atoms with Crippen molar-refractivity contribution in [1.29, 1.82) is 0 Å². The van der Waals surface area contributed by atoms with Crippen LogP contribution in [0.15, 0.2) is 18.2 Å². The number of anilines is 1. The van der Waals surface area contributed by atoms with Gasteiger partial charge in [-0.3, -0.25) is 9.59 Å². The molecule has 0 unspecified atom stereocenters. The van der Waals surface area contributed by atoms with Gasteiger partial charge in [-0.2, -0.15) is 0 Å². The van der Waals surface area contributed by atoms with E-state index in [1.54, 1.807) is 0 Å². The standard InChI is InChI=1S/C10H8ClFN2O2/c11-7-3-6(1-2-8(7)12)14-5-9(15)13-4-10(14)16/h1-3H,4-5H2,(H,13,15). The van der Waals surface area contributed by atoms with E-state index >= 15 is 0 Å². The highest BCUT2D eigenvalue weighted by atomic mass is 35.5. The van der Waals surface area contributed by atoms with Gasteiger partial charge in [0.2, 0.25) is 11.8 Å². The molecule has 1 saturated heterocycles. The molecule has 0 spiro atoms. The lowest BCUT2D eigenvalue weighted by molar-refractivity contribution is -0.128. The van der Waals surface area contributed by atoms with Crippen LogP contribution in [0.25, 0.3) is 0 Å². The summed E-state index contributed by atoms with van der Waals surface area (Å²) in [7, 11) is 0. The molecule has 0 aliphatic carbocycles. The van der Waals surface area contributed by atoms with Gasteiger partial charge in [-0.15, -0.1) is 0 Å². The van der Waals surface area contributed by atoms with Gasteiger partial charge in [0.05, 0.1) is 11.6 Å². The topological polar surface area (TPSA) is 49.4 Å². The molecule has 1 aliphatic rings. The molecule has 1 fully saturated rings. The molecule has 84 valence electrons. The van der Waals surface area contributed by atoms with E-state index in [9.17, 15) is 14.0 Å².